The number of carbonyl (C=O) groups is 1. The van der Waals surface area contributed by atoms with Crippen LogP contribution >= 0.6 is 11.6 Å². The van der Waals surface area contributed by atoms with Crippen LogP contribution in [0, 0.1) is 0 Å². The molecule has 1 aliphatic heterocycles. The fourth-order valence-electron chi connectivity index (χ4n) is 2.43. The summed E-state index contributed by atoms with van der Waals surface area (Å²) in [6.45, 7) is 1.30. The van der Waals surface area contributed by atoms with Crippen molar-refractivity contribution < 1.29 is 9.53 Å². The normalized spacial score (nSPS) is 17.9. The van der Waals surface area contributed by atoms with Gasteiger partial charge >= 0.3 is 6.03 Å². The number of nitrogens with one attached hydrogen (secondary N) is 2. The van der Waals surface area contributed by atoms with Gasteiger partial charge in [0.05, 0.1) is 22.3 Å². The number of aromatic nitrogens is 1. The zero-order chi connectivity index (χ0) is 14.7. The predicted octanol–water partition coefficient (Wildman–Crippen LogP) is 3.19. The highest BCUT2D eigenvalue weighted by atomic mass is 35.5. The Balaban J connectivity index is 1.69. The van der Waals surface area contributed by atoms with Crippen LogP contribution in [-0.2, 0) is 4.74 Å². The van der Waals surface area contributed by atoms with Crippen LogP contribution in [0.2, 0.25) is 5.02 Å². The van der Waals surface area contributed by atoms with Crippen LogP contribution < -0.4 is 10.6 Å². The van der Waals surface area contributed by atoms with Crippen LogP contribution in [0.25, 0.3) is 10.9 Å². The molecule has 0 aliphatic carbocycles. The molecular formula is C15H16ClN3O2. The Morgan fingerprint density at radius 1 is 1.43 bits per heavy atom. The van der Waals surface area contributed by atoms with Gasteiger partial charge in [-0.25, -0.2) is 4.79 Å². The fourth-order valence-corrected chi connectivity index (χ4v) is 2.64. The van der Waals surface area contributed by atoms with E-state index in [1.54, 1.807) is 18.3 Å². The minimum absolute atomic E-state index is 0.124. The van der Waals surface area contributed by atoms with Gasteiger partial charge in [0.15, 0.2) is 0 Å². The number of hydrogen-bond donors (Lipinski definition) is 2. The minimum atomic E-state index is -0.252. The largest absolute Gasteiger partial charge is 0.376 e. The van der Waals surface area contributed by atoms with E-state index in [2.05, 4.69) is 15.6 Å². The number of halogens is 1. The summed E-state index contributed by atoms with van der Waals surface area (Å²) in [5.41, 5.74) is 1.36. The summed E-state index contributed by atoms with van der Waals surface area (Å²) in [5.74, 6) is 0. The topological polar surface area (TPSA) is 63.2 Å². The molecule has 2 N–H and O–H groups in total. The van der Waals surface area contributed by atoms with Gasteiger partial charge in [-0.05, 0) is 37.1 Å². The second-order valence-corrected chi connectivity index (χ2v) is 5.37. The number of urea groups is 1. The van der Waals surface area contributed by atoms with Gasteiger partial charge in [-0.3, -0.25) is 4.98 Å². The highest BCUT2D eigenvalue weighted by molar-refractivity contribution is 6.35. The number of fused-ring (bicyclic) bond motifs is 1. The van der Waals surface area contributed by atoms with Gasteiger partial charge < -0.3 is 15.4 Å². The van der Waals surface area contributed by atoms with E-state index in [1.165, 1.54) is 0 Å². The summed E-state index contributed by atoms with van der Waals surface area (Å²) >= 11 is 6.11. The van der Waals surface area contributed by atoms with Gasteiger partial charge in [-0.2, -0.15) is 0 Å². The average Bonchev–Trinajstić information content (AvgIpc) is 3.02. The Morgan fingerprint density at radius 3 is 3.14 bits per heavy atom. The molecule has 6 heteroatoms. The molecule has 1 aromatic carbocycles. The predicted molar refractivity (Wildman–Crippen MR) is 82.7 cm³/mol. The van der Waals surface area contributed by atoms with Crippen molar-refractivity contribution in [3.8, 4) is 0 Å². The van der Waals surface area contributed by atoms with Crippen LogP contribution in [0.15, 0.2) is 30.5 Å². The molecule has 1 atom stereocenters. The van der Waals surface area contributed by atoms with Crippen molar-refractivity contribution in [3.05, 3.63) is 35.5 Å². The Hall–Kier alpha value is -1.85. The van der Waals surface area contributed by atoms with Crippen LogP contribution in [0.3, 0.4) is 0 Å². The molecule has 1 unspecified atom stereocenters. The number of anilines is 1. The lowest BCUT2D eigenvalue weighted by atomic mass is 10.2. The Labute approximate surface area is 127 Å². The minimum Gasteiger partial charge on any atom is -0.376 e. The summed E-state index contributed by atoms with van der Waals surface area (Å²) in [4.78, 5) is 16.2. The summed E-state index contributed by atoms with van der Waals surface area (Å²) < 4.78 is 5.47. The average molecular weight is 306 g/mol. The highest BCUT2D eigenvalue weighted by Gasteiger charge is 2.16. The first kappa shape index (κ1) is 14.1. The molecule has 0 radical (unpaired) electrons. The van der Waals surface area contributed by atoms with Gasteiger partial charge in [-0.1, -0.05) is 11.6 Å². The lowest BCUT2D eigenvalue weighted by molar-refractivity contribution is 0.112. The zero-order valence-corrected chi connectivity index (χ0v) is 12.2. The smallest absolute Gasteiger partial charge is 0.319 e. The Morgan fingerprint density at radius 2 is 2.33 bits per heavy atom. The molecule has 0 bridgehead atoms. The molecule has 0 spiro atoms. The van der Waals surface area contributed by atoms with E-state index in [1.807, 2.05) is 12.1 Å². The van der Waals surface area contributed by atoms with Crippen LogP contribution in [0.1, 0.15) is 12.8 Å². The second-order valence-electron chi connectivity index (χ2n) is 4.96. The molecular weight excluding hydrogens is 290 g/mol. The van der Waals surface area contributed by atoms with E-state index in [0.717, 1.165) is 24.8 Å². The maximum absolute atomic E-state index is 12.0. The van der Waals surface area contributed by atoms with Crippen molar-refractivity contribution in [1.82, 2.24) is 10.3 Å². The Bertz CT molecular complexity index is 656. The first-order valence-corrected chi connectivity index (χ1v) is 7.31. The molecule has 110 valence electrons. The van der Waals surface area contributed by atoms with Crippen LogP contribution in [0.4, 0.5) is 10.5 Å². The quantitative estimate of drug-likeness (QED) is 0.915. The Kier molecular flexibility index (Phi) is 4.22. The molecule has 5 nitrogen and oxygen atoms in total. The molecule has 1 aliphatic rings. The third-order valence-electron chi connectivity index (χ3n) is 3.48. The molecule has 21 heavy (non-hydrogen) atoms. The monoisotopic (exact) mass is 305 g/mol. The number of pyridine rings is 1. The second kappa shape index (κ2) is 6.28. The fraction of sp³-hybridized carbons (Fsp3) is 0.333. The maximum atomic E-state index is 12.0. The number of hydrogen-bond acceptors (Lipinski definition) is 3. The molecule has 1 aromatic heterocycles. The third-order valence-corrected chi connectivity index (χ3v) is 3.79. The van der Waals surface area contributed by atoms with Crippen LogP contribution in [0.5, 0.6) is 0 Å². The molecule has 3 rings (SSSR count). The number of nitrogens with zero attached hydrogens (tertiary/aromatic N) is 1. The highest BCUT2D eigenvalue weighted by Crippen LogP contribution is 2.27. The van der Waals surface area contributed by atoms with Crippen molar-refractivity contribution in [1.29, 1.82) is 0 Å². The first-order chi connectivity index (χ1) is 10.2. The number of ether oxygens (including phenoxy) is 1. The van der Waals surface area contributed by atoms with Crippen LogP contribution in [-0.4, -0.2) is 30.3 Å². The van der Waals surface area contributed by atoms with E-state index < -0.39 is 0 Å². The van der Waals surface area contributed by atoms with Crippen molar-refractivity contribution in [2.75, 3.05) is 18.5 Å². The van der Waals surface area contributed by atoms with Gasteiger partial charge in [0.25, 0.3) is 0 Å². The molecule has 0 saturated carbocycles. The van der Waals surface area contributed by atoms with Gasteiger partial charge in [-0.15, -0.1) is 0 Å². The summed E-state index contributed by atoms with van der Waals surface area (Å²) in [5, 5.41) is 7.04. The zero-order valence-electron chi connectivity index (χ0n) is 11.4. The van der Waals surface area contributed by atoms with E-state index in [4.69, 9.17) is 16.3 Å². The van der Waals surface area contributed by atoms with E-state index in [0.29, 0.717) is 22.8 Å². The maximum Gasteiger partial charge on any atom is 0.319 e. The number of amides is 2. The van der Waals surface area contributed by atoms with Crippen molar-refractivity contribution in [3.63, 3.8) is 0 Å². The molecule has 1 saturated heterocycles. The molecule has 1 fully saturated rings. The van der Waals surface area contributed by atoms with E-state index in [9.17, 15) is 4.79 Å². The SMILES string of the molecule is O=C(NCC1CCCO1)Nc1ccc(Cl)c2ncccc12. The summed E-state index contributed by atoms with van der Waals surface area (Å²) in [6, 6.07) is 6.95. The number of benzene rings is 1. The first-order valence-electron chi connectivity index (χ1n) is 6.94. The van der Waals surface area contributed by atoms with Gasteiger partial charge in [0, 0.05) is 24.7 Å². The lowest BCUT2D eigenvalue weighted by Crippen LogP contribution is -2.35. The third kappa shape index (κ3) is 3.25. The molecule has 2 heterocycles. The summed E-state index contributed by atoms with van der Waals surface area (Å²) in [7, 11) is 0. The molecule has 2 amide bonds. The molecule has 2 aromatic rings. The van der Waals surface area contributed by atoms with Gasteiger partial charge in [0.1, 0.15) is 0 Å². The van der Waals surface area contributed by atoms with E-state index >= 15 is 0 Å². The number of rotatable bonds is 3. The lowest BCUT2D eigenvalue weighted by Gasteiger charge is -2.13. The number of carbonyl (C=O) groups excluding carboxylic acids is 1. The van der Waals surface area contributed by atoms with Gasteiger partial charge in [0.2, 0.25) is 0 Å². The van der Waals surface area contributed by atoms with Crippen molar-refractivity contribution in [2.24, 2.45) is 0 Å². The standard InChI is InChI=1S/C15H16ClN3O2/c16-12-5-6-13(11-4-1-7-17-14(11)12)19-15(20)18-9-10-3-2-8-21-10/h1,4-7,10H,2-3,8-9H2,(H2,18,19,20). The van der Waals surface area contributed by atoms with Crippen molar-refractivity contribution in [2.45, 2.75) is 18.9 Å². The van der Waals surface area contributed by atoms with Crippen molar-refractivity contribution >= 4 is 34.2 Å². The summed E-state index contributed by atoms with van der Waals surface area (Å²) in [6.07, 6.45) is 3.85. The van der Waals surface area contributed by atoms with E-state index in [-0.39, 0.29) is 12.1 Å².